The third-order valence-electron chi connectivity index (χ3n) is 5.80. The SMILES string of the molecule is C=CC(=O)OC[C@H]1OC(=O)C(NC(=O)c2ccc(C)c(Nc3nccc(-c4cccnc4)n3)c2)[C@@H](O)[C@@H]1O. The van der Waals surface area contributed by atoms with Crippen molar-refractivity contribution in [1.29, 1.82) is 0 Å². The molecule has 38 heavy (non-hydrogen) atoms. The fraction of sp³-hybridized carbons (Fsp3) is 0.231. The summed E-state index contributed by atoms with van der Waals surface area (Å²) in [6.07, 6.45) is 1.25. The zero-order valence-electron chi connectivity index (χ0n) is 20.3. The number of aliphatic hydroxyl groups excluding tert-OH is 2. The molecule has 196 valence electrons. The van der Waals surface area contributed by atoms with Crippen LogP contribution in [0, 0.1) is 6.92 Å². The first-order valence-corrected chi connectivity index (χ1v) is 11.5. The van der Waals surface area contributed by atoms with Crippen LogP contribution in [0.5, 0.6) is 0 Å². The minimum atomic E-state index is -1.70. The summed E-state index contributed by atoms with van der Waals surface area (Å²) in [5, 5.41) is 26.2. The lowest BCUT2D eigenvalue weighted by molar-refractivity contribution is -0.192. The Morgan fingerprint density at radius 2 is 2.00 bits per heavy atom. The number of aromatic nitrogens is 3. The van der Waals surface area contributed by atoms with Crippen molar-refractivity contribution in [2.45, 2.75) is 31.3 Å². The normalized spacial score (nSPS) is 20.7. The molecule has 0 spiro atoms. The van der Waals surface area contributed by atoms with Gasteiger partial charge in [-0.3, -0.25) is 9.78 Å². The number of nitrogens with zero attached hydrogens (tertiary/aromatic N) is 3. The van der Waals surface area contributed by atoms with Crippen LogP contribution in [0.1, 0.15) is 15.9 Å². The highest BCUT2D eigenvalue weighted by molar-refractivity contribution is 5.98. The predicted octanol–water partition coefficient (Wildman–Crippen LogP) is 1.07. The van der Waals surface area contributed by atoms with E-state index in [0.29, 0.717) is 17.3 Å². The molecule has 3 heterocycles. The molecule has 1 unspecified atom stereocenters. The first-order chi connectivity index (χ1) is 18.3. The van der Waals surface area contributed by atoms with Crippen LogP contribution in [0.3, 0.4) is 0 Å². The number of carbonyl (C=O) groups is 3. The second-order valence-electron chi connectivity index (χ2n) is 8.40. The van der Waals surface area contributed by atoms with Gasteiger partial charge >= 0.3 is 11.9 Å². The van der Waals surface area contributed by atoms with Crippen LogP contribution < -0.4 is 10.6 Å². The highest BCUT2D eigenvalue weighted by Gasteiger charge is 2.45. The van der Waals surface area contributed by atoms with E-state index in [0.717, 1.165) is 17.2 Å². The van der Waals surface area contributed by atoms with Crippen LogP contribution in [0.2, 0.25) is 0 Å². The van der Waals surface area contributed by atoms with Gasteiger partial charge in [0.2, 0.25) is 5.95 Å². The van der Waals surface area contributed by atoms with Gasteiger partial charge in [0, 0.05) is 41.5 Å². The van der Waals surface area contributed by atoms with E-state index in [1.54, 1.807) is 42.9 Å². The van der Waals surface area contributed by atoms with E-state index >= 15 is 0 Å². The van der Waals surface area contributed by atoms with Crippen molar-refractivity contribution in [2.24, 2.45) is 0 Å². The van der Waals surface area contributed by atoms with Crippen LogP contribution in [0.4, 0.5) is 11.6 Å². The second kappa shape index (κ2) is 11.6. The monoisotopic (exact) mass is 519 g/mol. The van der Waals surface area contributed by atoms with Crippen molar-refractivity contribution in [1.82, 2.24) is 20.3 Å². The fourth-order valence-corrected chi connectivity index (χ4v) is 3.69. The number of pyridine rings is 1. The molecule has 1 aromatic carbocycles. The summed E-state index contributed by atoms with van der Waals surface area (Å²) in [7, 11) is 0. The molecule has 0 aliphatic carbocycles. The molecular weight excluding hydrogens is 494 g/mol. The smallest absolute Gasteiger partial charge is 0.331 e. The van der Waals surface area contributed by atoms with E-state index in [2.05, 4.69) is 32.2 Å². The van der Waals surface area contributed by atoms with E-state index in [9.17, 15) is 24.6 Å². The van der Waals surface area contributed by atoms with Gasteiger partial charge in [0.25, 0.3) is 5.91 Å². The highest BCUT2D eigenvalue weighted by atomic mass is 16.6. The average molecular weight is 520 g/mol. The summed E-state index contributed by atoms with van der Waals surface area (Å²) in [5.41, 5.74) is 2.96. The number of nitrogens with one attached hydrogen (secondary N) is 2. The number of amides is 1. The number of carbonyl (C=O) groups excluding carboxylic acids is 3. The summed E-state index contributed by atoms with van der Waals surface area (Å²) in [6.45, 7) is 4.59. The van der Waals surface area contributed by atoms with Crippen molar-refractivity contribution >= 4 is 29.5 Å². The molecule has 3 aromatic rings. The summed E-state index contributed by atoms with van der Waals surface area (Å²) >= 11 is 0. The molecule has 1 saturated heterocycles. The molecule has 12 nitrogen and oxygen atoms in total. The van der Waals surface area contributed by atoms with E-state index < -0.39 is 48.8 Å². The topological polar surface area (TPSA) is 173 Å². The number of ether oxygens (including phenoxy) is 2. The molecule has 1 amide bonds. The van der Waals surface area contributed by atoms with E-state index in [4.69, 9.17) is 9.47 Å². The number of aryl methyl sites for hydroxylation is 1. The molecule has 0 bridgehead atoms. The van der Waals surface area contributed by atoms with Crippen molar-refractivity contribution < 1.29 is 34.1 Å². The largest absolute Gasteiger partial charge is 0.458 e. The summed E-state index contributed by atoms with van der Waals surface area (Å²) < 4.78 is 9.85. The molecule has 4 N–H and O–H groups in total. The number of benzene rings is 1. The van der Waals surface area contributed by atoms with Crippen LogP contribution in [-0.4, -0.2) is 74.0 Å². The van der Waals surface area contributed by atoms with Gasteiger partial charge in [-0.1, -0.05) is 12.6 Å². The fourth-order valence-electron chi connectivity index (χ4n) is 3.69. The van der Waals surface area contributed by atoms with Gasteiger partial charge in [0.15, 0.2) is 12.1 Å². The Kier molecular flexibility index (Phi) is 8.04. The Balaban J connectivity index is 1.46. The summed E-state index contributed by atoms with van der Waals surface area (Å²) in [5.74, 6) is -2.16. The molecule has 1 aliphatic rings. The Hall–Kier alpha value is -4.68. The number of aliphatic hydroxyl groups is 2. The Morgan fingerprint density at radius 1 is 1.18 bits per heavy atom. The summed E-state index contributed by atoms with van der Waals surface area (Å²) in [6, 6.07) is 8.64. The molecule has 4 rings (SSSR count). The average Bonchev–Trinajstić information content (AvgIpc) is 2.93. The number of rotatable bonds is 8. The van der Waals surface area contributed by atoms with Crippen molar-refractivity contribution in [3.05, 3.63) is 78.8 Å². The number of cyclic esters (lactones) is 1. The lowest BCUT2D eigenvalue weighted by atomic mass is 9.97. The van der Waals surface area contributed by atoms with Gasteiger partial charge in [0.05, 0.1) is 5.69 Å². The van der Waals surface area contributed by atoms with Gasteiger partial charge in [0.1, 0.15) is 18.8 Å². The summed E-state index contributed by atoms with van der Waals surface area (Å²) in [4.78, 5) is 49.5. The van der Waals surface area contributed by atoms with Crippen molar-refractivity contribution in [3.8, 4) is 11.3 Å². The highest BCUT2D eigenvalue weighted by Crippen LogP contribution is 2.23. The maximum atomic E-state index is 12.9. The third-order valence-corrected chi connectivity index (χ3v) is 5.80. The van der Waals surface area contributed by atoms with Gasteiger partial charge in [-0.2, -0.15) is 0 Å². The number of hydrogen-bond acceptors (Lipinski definition) is 11. The van der Waals surface area contributed by atoms with E-state index in [-0.39, 0.29) is 5.56 Å². The zero-order chi connectivity index (χ0) is 27.2. The van der Waals surface area contributed by atoms with Crippen molar-refractivity contribution in [2.75, 3.05) is 11.9 Å². The quantitative estimate of drug-likeness (QED) is 0.248. The number of anilines is 2. The zero-order valence-corrected chi connectivity index (χ0v) is 20.3. The van der Waals surface area contributed by atoms with Crippen molar-refractivity contribution in [3.63, 3.8) is 0 Å². The van der Waals surface area contributed by atoms with E-state index in [1.807, 2.05) is 13.0 Å². The van der Waals surface area contributed by atoms with Crippen LogP contribution >= 0.6 is 0 Å². The number of hydrogen-bond donors (Lipinski definition) is 4. The van der Waals surface area contributed by atoms with Gasteiger partial charge in [-0.25, -0.2) is 19.6 Å². The predicted molar refractivity (Wildman–Crippen MR) is 134 cm³/mol. The standard InChI is InChI=1S/C26H25N5O7/c1-3-20(32)37-13-19-22(33)23(34)21(25(36)38-19)31-24(35)15-7-6-14(2)18(11-15)30-26-28-10-8-17(29-26)16-5-4-9-27-12-16/h3-12,19,21-23,33-34H,1,13H2,2H3,(H,31,35)(H,28,29,30)/t19-,21?,22-,23-/m1/s1. The van der Waals surface area contributed by atoms with Crippen LogP contribution in [0.15, 0.2) is 67.6 Å². The Morgan fingerprint density at radius 3 is 2.74 bits per heavy atom. The minimum absolute atomic E-state index is 0.165. The molecule has 4 atom stereocenters. The van der Waals surface area contributed by atoms with Crippen LogP contribution in [0.25, 0.3) is 11.3 Å². The molecule has 0 saturated carbocycles. The van der Waals surface area contributed by atoms with Crippen LogP contribution in [-0.2, 0) is 19.1 Å². The lowest BCUT2D eigenvalue weighted by Crippen LogP contribution is -2.62. The molecule has 12 heteroatoms. The molecular formula is C26H25N5O7. The second-order valence-corrected chi connectivity index (χ2v) is 8.40. The molecule has 0 radical (unpaired) electrons. The number of esters is 2. The maximum absolute atomic E-state index is 12.9. The van der Waals surface area contributed by atoms with E-state index in [1.165, 1.54) is 6.07 Å². The Labute approximate surface area is 217 Å². The van der Waals surface area contributed by atoms with Gasteiger partial charge in [-0.15, -0.1) is 0 Å². The minimum Gasteiger partial charge on any atom is -0.458 e. The molecule has 1 fully saturated rings. The Bertz CT molecular complexity index is 1350. The van der Waals surface area contributed by atoms with Gasteiger partial charge < -0.3 is 30.3 Å². The first-order valence-electron chi connectivity index (χ1n) is 11.5. The first kappa shape index (κ1) is 26.4. The van der Waals surface area contributed by atoms with Gasteiger partial charge in [-0.05, 0) is 42.8 Å². The molecule has 1 aliphatic heterocycles. The lowest BCUT2D eigenvalue weighted by Gasteiger charge is -2.36. The third kappa shape index (κ3) is 5.99. The maximum Gasteiger partial charge on any atom is 0.331 e. The molecule has 2 aromatic heterocycles.